The van der Waals surface area contributed by atoms with Crippen molar-refractivity contribution in [1.82, 2.24) is 9.88 Å². The van der Waals surface area contributed by atoms with Gasteiger partial charge in [0.15, 0.2) is 0 Å². The fourth-order valence-corrected chi connectivity index (χ4v) is 3.37. The lowest BCUT2D eigenvalue weighted by atomic mass is 10.2. The minimum absolute atomic E-state index is 0.184. The first kappa shape index (κ1) is 13.4. The zero-order valence-corrected chi connectivity index (χ0v) is 11.9. The van der Waals surface area contributed by atoms with E-state index in [-0.39, 0.29) is 9.92 Å². The molecular formula is C12H12ClN3O3S. The zero-order valence-electron chi connectivity index (χ0n) is 10.4. The minimum atomic E-state index is -4.33. The molecule has 3 rings (SSSR count). The van der Waals surface area contributed by atoms with E-state index in [1.54, 1.807) is 22.8 Å². The number of hydrogen-bond acceptors (Lipinski definition) is 4. The van der Waals surface area contributed by atoms with Crippen LogP contribution < -0.4 is 5.32 Å². The first-order chi connectivity index (χ1) is 9.47. The Hall–Kier alpha value is -1.57. The third kappa shape index (κ3) is 2.28. The van der Waals surface area contributed by atoms with Gasteiger partial charge in [-0.15, -0.1) is 0 Å². The Morgan fingerprint density at radius 3 is 2.90 bits per heavy atom. The molecule has 2 N–H and O–H groups in total. The molecule has 20 heavy (non-hydrogen) atoms. The number of nitrogens with zero attached hydrogens (tertiary/aromatic N) is 2. The molecule has 1 aromatic carbocycles. The molecule has 106 valence electrons. The molecule has 1 aliphatic rings. The van der Waals surface area contributed by atoms with Crippen LogP contribution in [-0.4, -0.2) is 36.5 Å². The zero-order chi connectivity index (χ0) is 14.3. The van der Waals surface area contributed by atoms with Gasteiger partial charge in [0.1, 0.15) is 10.7 Å². The molecular weight excluding hydrogens is 302 g/mol. The molecule has 0 spiro atoms. The van der Waals surface area contributed by atoms with Gasteiger partial charge in [-0.3, -0.25) is 9.55 Å². The highest BCUT2D eigenvalue weighted by atomic mass is 35.5. The summed E-state index contributed by atoms with van der Waals surface area (Å²) in [5.41, 5.74) is 0.640. The van der Waals surface area contributed by atoms with E-state index in [2.05, 4.69) is 10.3 Å². The van der Waals surface area contributed by atoms with Gasteiger partial charge in [0.2, 0.25) is 0 Å². The van der Waals surface area contributed by atoms with Crippen LogP contribution in [0.5, 0.6) is 0 Å². The Morgan fingerprint density at radius 2 is 2.25 bits per heavy atom. The highest BCUT2D eigenvalue weighted by Gasteiger charge is 2.21. The van der Waals surface area contributed by atoms with Crippen LogP contribution in [0.15, 0.2) is 34.3 Å². The first-order valence-electron chi connectivity index (χ1n) is 5.99. The molecule has 0 amide bonds. The Morgan fingerprint density at radius 1 is 1.45 bits per heavy atom. The van der Waals surface area contributed by atoms with Crippen LogP contribution in [0.3, 0.4) is 0 Å². The van der Waals surface area contributed by atoms with Gasteiger partial charge >= 0.3 is 0 Å². The van der Waals surface area contributed by atoms with E-state index in [4.69, 9.17) is 11.6 Å². The van der Waals surface area contributed by atoms with Crippen LogP contribution in [0, 0.1) is 0 Å². The van der Waals surface area contributed by atoms with E-state index >= 15 is 0 Å². The molecule has 1 aliphatic heterocycles. The maximum atomic E-state index is 11.5. The van der Waals surface area contributed by atoms with Gasteiger partial charge in [-0.2, -0.15) is 8.42 Å². The topological polar surface area (TPSA) is 83.7 Å². The molecule has 0 saturated heterocycles. The fraction of sp³-hybridized carbons (Fsp3) is 0.250. The van der Waals surface area contributed by atoms with Crippen LogP contribution in [0.1, 0.15) is 0 Å². The molecule has 0 unspecified atom stereocenters. The Kier molecular flexibility index (Phi) is 3.19. The molecule has 1 aromatic heterocycles. The second-order valence-corrected chi connectivity index (χ2v) is 6.28. The summed E-state index contributed by atoms with van der Waals surface area (Å²) in [6, 6.07) is 5.08. The molecule has 0 saturated carbocycles. The number of rotatable bonds is 3. The predicted molar refractivity (Wildman–Crippen MR) is 77.1 cm³/mol. The van der Waals surface area contributed by atoms with Gasteiger partial charge in [0, 0.05) is 18.1 Å². The summed E-state index contributed by atoms with van der Waals surface area (Å²) in [6.07, 6.45) is 1.38. The first-order valence-corrected chi connectivity index (χ1v) is 7.80. The average molecular weight is 314 g/mol. The fourth-order valence-electron chi connectivity index (χ4n) is 2.31. The van der Waals surface area contributed by atoms with Crippen molar-refractivity contribution < 1.29 is 13.0 Å². The third-order valence-electron chi connectivity index (χ3n) is 3.16. The monoisotopic (exact) mass is 313 g/mol. The molecule has 0 atom stereocenters. The highest BCUT2D eigenvalue weighted by Crippen LogP contribution is 2.31. The second kappa shape index (κ2) is 4.76. The van der Waals surface area contributed by atoms with E-state index < -0.39 is 10.1 Å². The number of hydrogen-bond donors (Lipinski definition) is 2. The average Bonchev–Trinajstić information content (AvgIpc) is 2.98. The number of nitrogens with one attached hydrogen (secondary N) is 1. The van der Waals surface area contributed by atoms with Crippen molar-refractivity contribution in [2.45, 2.75) is 11.4 Å². The van der Waals surface area contributed by atoms with Gasteiger partial charge in [0.25, 0.3) is 10.1 Å². The maximum Gasteiger partial charge on any atom is 0.296 e. The van der Waals surface area contributed by atoms with Gasteiger partial charge in [-0.25, -0.2) is 0 Å². The van der Waals surface area contributed by atoms with Crippen molar-refractivity contribution in [3.8, 4) is 0 Å². The van der Waals surface area contributed by atoms with Crippen molar-refractivity contribution in [2.75, 3.05) is 13.1 Å². The molecule has 0 fully saturated rings. The van der Waals surface area contributed by atoms with Crippen LogP contribution in [-0.2, 0) is 16.7 Å². The number of benzene rings is 1. The summed E-state index contributed by atoms with van der Waals surface area (Å²) in [5, 5.41) is 3.73. The summed E-state index contributed by atoms with van der Waals surface area (Å²) < 4.78 is 34.0. The van der Waals surface area contributed by atoms with Crippen LogP contribution in [0.4, 0.5) is 0 Å². The van der Waals surface area contributed by atoms with Crippen molar-refractivity contribution in [3.63, 3.8) is 0 Å². The van der Waals surface area contributed by atoms with Gasteiger partial charge in [-0.05, 0) is 12.1 Å². The van der Waals surface area contributed by atoms with E-state index in [1.165, 1.54) is 6.20 Å². The van der Waals surface area contributed by atoms with Crippen molar-refractivity contribution in [1.29, 1.82) is 0 Å². The Bertz CT molecular complexity index is 811. The highest BCUT2D eigenvalue weighted by molar-refractivity contribution is 7.86. The molecule has 2 heterocycles. The second-order valence-electron chi connectivity index (χ2n) is 4.49. The van der Waals surface area contributed by atoms with Crippen LogP contribution >= 0.6 is 11.6 Å². The summed E-state index contributed by atoms with van der Waals surface area (Å²) in [5.74, 6) is 0.781. The van der Waals surface area contributed by atoms with Crippen LogP contribution in [0.25, 0.3) is 10.9 Å². The minimum Gasteiger partial charge on any atom is -0.370 e. The van der Waals surface area contributed by atoms with Gasteiger partial charge in [0.05, 0.1) is 23.6 Å². The van der Waals surface area contributed by atoms with E-state index in [0.717, 1.165) is 12.4 Å². The standard InChI is InChI=1S/C12H12ClN3O3S/c13-8-2-1-3-9-12(8)10(20(17,18)19)6-16(9)7-11-14-4-5-15-11/h1-3,6H,4-5,7H2,(H,14,15)(H,17,18,19). The van der Waals surface area contributed by atoms with Crippen LogP contribution in [0.2, 0.25) is 5.02 Å². The largest absolute Gasteiger partial charge is 0.370 e. The Balaban J connectivity index is 2.20. The summed E-state index contributed by atoms with van der Waals surface area (Å²) in [7, 11) is -4.33. The number of amidine groups is 1. The van der Waals surface area contributed by atoms with E-state index in [9.17, 15) is 13.0 Å². The SMILES string of the molecule is O=S(=O)(O)c1cn(CC2=NCCN2)c2cccc(Cl)c12. The normalized spacial score (nSPS) is 15.4. The third-order valence-corrected chi connectivity index (χ3v) is 4.34. The summed E-state index contributed by atoms with van der Waals surface area (Å²) in [4.78, 5) is 4.09. The summed E-state index contributed by atoms with van der Waals surface area (Å²) >= 11 is 6.06. The molecule has 2 aromatic rings. The molecule has 0 bridgehead atoms. The smallest absolute Gasteiger partial charge is 0.296 e. The maximum absolute atomic E-state index is 11.5. The molecule has 0 radical (unpaired) electrons. The van der Waals surface area contributed by atoms with Crippen molar-refractivity contribution in [2.24, 2.45) is 4.99 Å². The quantitative estimate of drug-likeness (QED) is 0.842. The lowest BCUT2D eigenvalue weighted by Crippen LogP contribution is -2.23. The van der Waals surface area contributed by atoms with Crippen molar-refractivity contribution >= 4 is 38.5 Å². The van der Waals surface area contributed by atoms with Crippen molar-refractivity contribution in [3.05, 3.63) is 29.4 Å². The number of fused-ring (bicyclic) bond motifs is 1. The summed E-state index contributed by atoms with van der Waals surface area (Å²) in [6.45, 7) is 1.90. The number of aliphatic imine (C=N–C) groups is 1. The number of aromatic nitrogens is 1. The van der Waals surface area contributed by atoms with E-state index in [1.807, 2.05) is 0 Å². The van der Waals surface area contributed by atoms with Gasteiger partial charge < -0.3 is 9.88 Å². The lowest BCUT2D eigenvalue weighted by Gasteiger charge is -2.05. The molecule has 0 aliphatic carbocycles. The molecule has 8 heteroatoms. The van der Waals surface area contributed by atoms with Gasteiger partial charge in [-0.1, -0.05) is 17.7 Å². The Labute approximate surface area is 120 Å². The lowest BCUT2D eigenvalue weighted by molar-refractivity contribution is 0.484. The predicted octanol–water partition coefficient (Wildman–Crippen LogP) is 1.54. The van der Waals surface area contributed by atoms with E-state index in [0.29, 0.717) is 24.0 Å². The molecule has 6 nitrogen and oxygen atoms in total. The number of halogens is 1.